The third-order valence-corrected chi connectivity index (χ3v) is 8.51. The number of aromatic nitrogens is 3. The normalized spacial score (nSPS) is 18.5. The Labute approximate surface area is 255 Å². The molecule has 1 N–H and O–H groups in total. The maximum atomic E-state index is 15.6. The lowest BCUT2D eigenvalue weighted by molar-refractivity contribution is -0.0132. The van der Waals surface area contributed by atoms with Crippen molar-refractivity contribution in [3.8, 4) is 23.2 Å². The van der Waals surface area contributed by atoms with Crippen molar-refractivity contribution in [3.05, 3.63) is 112 Å². The van der Waals surface area contributed by atoms with Gasteiger partial charge in [-0.1, -0.05) is 12.1 Å². The van der Waals surface area contributed by atoms with Crippen molar-refractivity contribution >= 4 is 17.0 Å². The van der Waals surface area contributed by atoms with E-state index in [9.17, 15) is 14.3 Å². The van der Waals surface area contributed by atoms with Gasteiger partial charge in [-0.25, -0.2) is 27.9 Å². The van der Waals surface area contributed by atoms with E-state index in [0.717, 1.165) is 31.0 Å². The summed E-state index contributed by atoms with van der Waals surface area (Å²) in [6.45, 7) is 0.936. The predicted octanol–water partition coefficient (Wildman–Crippen LogP) is 6.43. The Hall–Kier alpha value is -5.21. The highest BCUT2D eigenvalue weighted by Crippen LogP contribution is 2.49. The Morgan fingerprint density at radius 2 is 1.84 bits per heavy atom. The van der Waals surface area contributed by atoms with Gasteiger partial charge >= 0.3 is 5.97 Å². The predicted molar refractivity (Wildman–Crippen MR) is 156 cm³/mol. The van der Waals surface area contributed by atoms with Crippen LogP contribution in [0.25, 0.3) is 22.3 Å². The summed E-state index contributed by atoms with van der Waals surface area (Å²) in [5.41, 5.74) is 1.40. The fraction of sp³-hybridized carbons (Fsp3) is 0.235. The number of hydrogen-bond acceptors (Lipinski definition) is 6. The first-order valence-corrected chi connectivity index (χ1v) is 14.3. The van der Waals surface area contributed by atoms with Crippen molar-refractivity contribution < 1.29 is 32.5 Å². The van der Waals surface area contributed by atoms with Crippen LogP contribution in [0, 0.1) is 34.7 Å². The molecule has 0 radical (unpaired) electrons. The van der Waals surface area contributed by atoms with Crippen LogP contribution in [0.1, 0.15) is 45.7 Å². The summed E-state index contributed by atoms with van der Waals surface area (Å²) in [4.78, 5) is 20.6. The van der Waals surface area contributed by atoms with Crippen LogP contribution < -0.4 is 4.74 Å². The van der Waals surface area contributed by atoms with Crippen molar-refractivity contribution in [2.45, 2.75) is 38.0 Å². The van der Waals surface area contributed by atoms with Gasteiger partial charge in [0.25, 0.3) is 0 Å². The lowest BCUT2D eigenvalue weighted by Crippen LogP contribution is -2.41. The molecule has 2 saturated heterocycles. The van der Waals surface area contributed by atoms with Crippen LogP contribution in [-0.2, 0) is 24.3 Å². The molecule has 0 unspecified atom stereocenters. The van der Waals surface area contributed by atoms with E-state index in [0.29, 0.717) is 35.9 Å². The van der Waals surface area contributed by atoms with E-state index in [-0.39, 0.29) is 58.0 Å². The van der Waals surface area contributed by atoms with Gasteiger partial charge in [0.2, 0.25) is 5.88 Å². The quantitative estimate of drug-likeness (QED) is 0.205. The molecular weight excluding hydrogens is 585 g/mol. The monoisotopic (exact) mass is 610 g/mol. The molecule has 0 atom stereocenters. The fourth-order valence-electron chi connectivity index (χ4n) is 6.22. The van der Waals surface area contributed by atoms with E-state index < -0.39 is 23.4 Å². The third-order valence-electron chi connectivity index (χ3n) is 8.51. The van der Waals surface area contributed by atoms with Crippen LogP contribution in [0.15, 0.2) is 66.7 Å². The van der Waals surface area contributed by atoms with E-state index in [1.807, 2.05) is 10.6 Å². The van der Waals surface area contributed by atoms with Gasteiger partial charge in [-0.05, 0) is 72.9 Å². The topological polar surface area (TPSA) is 110 Å². The zero-order valence-electron chi connectivity index (χ0n) is 23.8. The first-order valence-electron chi connectivity index (χ1n) is 14.3. The lowest BCUT2D eigenvalue weighted by atomic mass is 9.74. The molecule has 3 aliphatic rings. The summed E-state index contributed by atoms with van der Waals surface area (Å²) in [5.74, 6) is -1.98. The number of rotatable bonds is 9. The number of hydrogen-bond donors (Lipinski definition) is 1. The highest BCUT2D eigenvalue weighted by atomic mass is 19.1. The van der Waals surface area contributed by atoms with Gasteiger partial charge in [0.1, 0.15) is 29.9 Å². The molecule has 2 aliphatic heterocycles. The van der Waals surface area contributed by atoms with Gasteiger partial charge < -0.3 is 19.1 Å². The number of nitriles is 1. The Kier molecular flexibility index (Phi) is 7.01. The first-order chi connectivity index (χ1) is 21.7. The molecular formula is C34H25F3N4O4. The van der Waals surface area contributed by atoms with Crippen LogP contribution in [0.3, 0.4) is 0 Å². The molecule has 8 nitrogen and oxygen atoms in total. The number of imidazole rings is 1. The van der Waals surface area contributed by atoms with Crippen molar-refractivity contribution in [1.82, 2.24) is 14.5 Å². The van der Waals surface area contributed by atoms with E-state index >= 15 is 8.78 Å². The SMILES string of the molecule is N#Cc1ccc(COc2cccc(-c3cc(F)c(Cc4nc5ccc(C(=O)O)cc5n4CC45CC(CO4)C5)cc3F)n2)c(F)c1. The molecule has 8 rings (SSSR count). The van der Waals surface area contributed by atoms with Gasteiger partial charge in [-0.3, -0.25) is 0 Å². The summed E-state index contributed by atoms with van der Waals surface area (Å²) in [5, 5.41) is 18.5. The molecule has 1 aliphatic carbocycles. The molecule has 0 spiro atoms. The minimum Gasteiger partial charge on any atom is -0.478 e. The second-order valence-corrected chi connectivity index (χ2v) is 11.6. The number of fused-ring (bicyclic) bond motifs is 2. The van der Waals surface area contributed by atoms with Gasteiger partial charge in [-0.15, -0.1) is 0 Å². The molecule has 0 amide bonds. The Bertz CT molecular complexity index is 2030. The fourth-order valence-corrected chi connectivity index (χ4v) is 6.22. The number of carbonyl (C=O) groups is 1. The van der Waals surface area contributed by atoms with E-state index in [2.05, 4.69) is 9.97 Å². The molecule has 1 saturated carbocycles. The Balaban J connectivity index is 1.16. The molecule has 4 heterocycles. The molecule has 2 bridgehead atoms. The minimum absolute atomic E-state index is 0.0354. The maximum absolute atomic E-state index is 15.6. The van der Waals surface area contributed by atoms with E-state index in [1.165, 1.54) is 30.3 Å². The summed E-state index contributed by atoms with van der Waals surface area (Å²) in [6, 6.07) is 17.3. The molecule has 2 aromatic heterocycles. The molecule has 11 heteroatoms. The second-order valence-electron chi connectivity index (χ2n) is 11.6. The van der Waals surface area contributed by atoms with E-state index in [4.69, 9.17) is 14.7 Å². The standard InChI is InChI=1S/C34H25F3N4O4/c35-25-8-19(15-38)4-5-22(25)17-44-32-3-1-2-28(40-32)24-12-26(36)23(9-27(24)37)11-31-39-29-7-6-21(33(42)43)10-30(29)41(31)18-34-13-20(14-34)16-45-34/h1-10,12,20H,11,13-14,16-18H2,(H,42,43). The van der Waals surface area contributed by atoms with Crippen LogP contribution in [0.2, 0.25) is 0 Å². The van der Waals surface area contributed by atoms with Crippen molar-refractivity contribution in [3.63, 3.8) is 0 Å². The number of aromatic carboxylic acids is 1. The minimum atomic E-state index is -1.07. The number of benzene rings is 3. The van der Waals surface area contributed by atoms with Gasteiger partial charge in [0.15, 0.2) is 0 Å². The lowest BCUT2D eigenvalue weighted by Gasteiger charge is -2.36. The maximum Gasteiger partial charge on any atom is 0.335 e. The van der Waals surface area contributed by atoms with Crippen molar-refractivity contribution in [1.29, 1.82) is 5.26 Å². The second kappa shape index (κ2) is 11.1. The number of pyridine rings is 1. The molecule has 3 fully saturated rings. The average Bonchev–Trinajstić information content (AvgIpc) is 3.71. The Morgan fingerprint density at radius 1 is 1.02 bits per heavy atom. The van der Waals surface area contributed by atoms with Crippen molar-refractivity contribution in [2.24, 2.45) is 5.92 Å². The van der Waals surface area contributed by atoms with Gasteiger partial charge in [-0.2, -0.15) is 5.26 Å². The summed E-state index contributed by atoms with van der Waals surface area (Å²) in [6.07, 6.45) is 1.74. The molecule has 5 aromatic rings. The Morgan fingerprint density at radius 3 is 2.58 bits per heavy atom. The summed E-state index contributed by atoms with van der Waals surface area (Å²) >= 11 is 0. The number of carboxylic acids is 1. The van der Waals surface area contributed by atoms with Gasteiger partial charge in [0.05, 0.1) is 52.7 Å². The number of halogens is 3. The smallest absolute Gasteiger partial charge is 0.335 e. The van der Waals surface area contributed by atoms with Crippen LogP contribution in [-0.4, -0.2) is 37.8 Å². The molecule has 226 valence electrons. The molecule has 45 heavy (non-hydrogen) atoms. The molecule has 3 aromatic carbocycles. The summed E-state index contributed by atoms with van der Waals surface area (Å²) < 4.78 is 58.9. The largest absolute Gasteiger partial charge is 0.478 e. The number of nitrogens with zero attached hydrogens (tertiary/aromatic N) is 4. The highest BCUT2D eigenvalue weighted by molar-refractivity contribution is 5.92. The van der Waals surface area contributed by atoms with Crippen LogP contribution >= 0.6 is 0 Å². The zero-order valence-corrected chi connectivity index (χ0v) is 23.8. The van der Waals surface area contributed by atoms with Crippen molar-refractivity contribution in [2.75, 3.05) is 6.61 Å². The van der Waals surface area contributed by atoms with Gasteiger partial charge in [0, 0.05) is 23.6 Å². The number of carboxylic acid groups (broad SMARTS) is 1. The average molecular weight is 611 g/mol. The summed E-state index contributed by atoms with van der Waals surface area (Å²) in [7, 11) is 0. The van der Waals surface area contributed by atoms with E-state index in [1.54, 1.807) is 18.2 Å². The van der Waals surface area contributed by atoms with Crippen LogP contribution in [0.5, 0.6) is 5.88 Å². The first kappa shape index (κ1) is 28.6. The zero-order chi connectivity index (χ0) is 31.3. The third kappa shape index (κ3) is 5.38. The number of ether oxygens (including phenoxy) is 2. The van der Waals surface area contributed by atoms with Crippen LogP contribution in [0.4, 0.5) is 13.2 Å². The highest BCUT2D eigenvalue weighted by Gasteiger charge is 2.52.